The molecule has 98 valence electrons. The van der Waals surface area contributed by atoms with Gasteiger partial charge in [-0.2, -0.15) is 4.39 Å². The Bertz CT molecular complexity index is 601. The fraction of sp³-hybridized carbons (Fsp3) is 0.0769. The molecule has 0 bridgehead atoms. The van der Waals surface area contributed by atoms with E-state index in [2.05, 4.69) is 22.6 Å². The number of nitro benzene ring substituents is 1. The number of rotatable bonds is 4. The van der Waals surface area contributed by atoms with Crippen LogP contribution in [0.1, 0.15) is 5.56 Å². The minimum Gasteiger partial charge on any atom is -0.489 e. The summed E-state index contributed by atoms with van der Waals surface area (Å²) in [6, 6.07) is 11.1. The average molecular weight is 373 g/mol. The van der Waals surface area contributed by atoms with Gasteiger partial charge in [0.2, 0.25) is 5.82 Å². The summed E-state index contributed by atoms with van der Waals surface area (Å²) in [5.74, 6) is -0.187. The third-order valence-corrected chi connectivity index (χ3v) is 3.15. The van der Waals surface area contributed by atoms with Gasteiger partial charge in [-0.1, -0.05) is 0 Å². The van der Waals surface area contributed by atoms with Crippen molar-refractivity contribution < 1.29 is 14.1 Å². The standard InChI is InChI=1S/C13H9FINO3/c14-12-7-9(1-6-13(12)16(17)18)8-19-11-4-2-10(15)3-5-11/h1-7H,8H2. The van der Waals surface area contributed by atoms with Crippen molar-refractivity contribution in [3.63, 3.8) is 0 Å². The average Bonchev–Trinajstić information content (AvgIpc) is 2.37. The van der Waals surface area contributed by atoms with Crippen LogP contribution in [0.15, 0.2) is 42.5 Å². The Labute approximate surface area is 122 Å². The highest BCUT2D eigenvalue weighted by Crippen LogP contribution is 2.20. The van der Waals surface area contributed by atoms with Crippen LogP contribution in [0.2, 0.25) is 0 Å². The third kappa shape index (κ3) is 3.63. The summed E-state index contributed by atoms with van der Waals surface area (Å²) in [5.41, 5.74) is 0.0136. The van der Waals surface area contributed by atoms with Crippen LogP contribution in [0.4, 0.5) is 10.1 Å². The summed E-state index contributed by atoms with van der Waals surface area (Å²) in [6.07, 6.45) is 0. The highest BCUT2D eigenvalue weighted by Gasteiger charge is 2.13. The lowest BCUT2D eigenvalue weighted by atomic mass is 10.2. The summed E-state index contributed by atoms with van der Waals surface area (Å²) in [6.45, 7) is 0.162. The smallest absolute Gasteiger partial charge is 0.304 e. The van der Waals surface area contributed by atoms with Crippen molar-refractivity contribution in [3.05, 3.63) is 67.5 Å². The summed E-state index contributed by atoms with van der Waals surface area (Å²) >= 11 is 2.18. The van der Waals surface area contributed by atoms with Gasteiger partial charge in [0.15, 0.2) is 0 Å². The summed E-state index contributed by atoms with van der Waals surface area (Å²) < 4.78 is 19.9. The van der Waals surface area contributed by atoms with Gasteiger partial charge < -0.3 is 4.74 Å². The molecule has 0 saturated heterocycles. The minimum atomic E-state index is -0.853. The van der Waals surface area contributed by atoms with Crippen molar-refractivity contribution in [1.82, 2.24) is 0 Å². The molecular formula is C13H9FINO3. The van der Waals surface area contributed by atoms with Crippen molar-refractivity contribution in [2.45, 2.75) is 6.61 Å². The molecule has 0 heterocycles. The third-order valence-electron chi connectivity index (χ3n) is 2.43. The molecule has 0 atom stereocenters. The lowest BCUT2D eigenvalue weighted by Gasteiger charge is -2.06. The lowest BCUT2D eigenvalue weighted by molar-refractivity contribution is -0.387. The van der Waals surface area contributed by atoms with E-state index < -0.39 is 16.4 Å². The SMILES string of the molecule is O=[N+]([O-])c1ccc(COc2ccc(I)cc2)cc1F. The van der Waals surface area contributed by atoms with Crippen molar-refractivity contribution in [2.75, 3.05) is 0 Å². The monoisotopic (exact) mass is 373 g/mol. The Kier molecular flexibility index (Phi) is 4.31. The number of nitrogens with zero attached hydrogens (tertiary/aromatic N) is 1. The van der Waals surface area contributed by atoms with E-state index in [1.54, 1.807) is 0 Å². The maximum absolute atomic E-state index is 13.4. The first-order valence-electron chi connectivity index (χ1n) is 5.37. The van der Waals surface area contributed by atoms with Crippen LogP contribution in [-0.4, -0.2) is 4.92 Å². The van der Waals surface area contributed by atoms with E-state index in [1.807, 2.05) is 24.3 Å². The maximum Gasteiger partial charge on any atom is 0.304 e. The topological polar surface area (TPSA) is 52.4 Å². The van der Waals surface area contributed by atoms with Gasteiger partial charge in [0.05, 0.1) is 4.92 Å². The molecule has 0 N–H and O–H groups in total. The molecule has 0 aliphatic carbocycles. The molecule has 6 heteroatoms. The maximum atomic E-state index is 13.4. The van der Waals surface area contributed by atoms with Gasteiger partial charge in [-0.15, -0.1) is 0 Å². The fourth-order valence-corrected chi connectivity index (χ4v) is 1.85. The molecular weight excluding hydrogens is 364 g/mol. The molecule has 0 saturated carbocycles. The van der Waals surface area contributed by atoms with E-state index >= 15 is 0 Å². The lowest BCUT2D eigenvalue weighted by Crippen LogP contribution is -1.98. The second-order valence-electron chi connectivity index (χ2n) is 3.79. The normalized spacial score (nSPS) is 10.2. The molecule has 2 aromatic rings. The second kappa shape index (κ2) is 5.96. The highest BCUT2D eigenvalue weighted by molar-refractivity contribution is 14.1. The van der Waals surface area contributed by atoms with E-state index in [0.29, 0.717) is 11.3 Å². The number of hydrogen-bond acceptors (Lipinski definition) is 3. The summed E-state index contributed by atoms with van der Waals surface area (Å²) in [7, 11) is 0. The van der Waals surface area contributed by atoms with Crippen LogP contribution in [-0.2, 0) is 6.61 Å². The predicted octanol–water partition coefficient (Wildman–Crippen LogP) is 3.92. The number of hydrogen-bond donors (Lipinski definition) is 0. The largest absolute Gasteiger partial charge is 0.489 e. The summed E-state index contributed by atoms with van der Waals surface area (Å²) in [4.78, 5) is 9.73. The van der Waals surface area contributed by atoms with Gasteiger partial charge >= 0.3 is 5.69 Å². The zero-order valence-corrected chi connectivity index (χ0v) is 11.8. The van der Waals surface area contributed by atoms with E-state index in [4.69, 9.17) is 4.74 Å². The molecule has 2 rings (SSSR count). The number of nitro groups is 1. The van der Waals surface area contributed by atoms with Gasteiger partial charge in [0, 0.05) is 9.64 Å². The molecule has 0 fully saturated rings. The van der Waals surface area contributed by atoms with E-state index in [-0.39, 0.29) is 6.61 Å². The van der Waals surface area contributed by atoms with Crippen molar-refractivity contribution in [2.24, 2.45) is 0 Å². The Morgan fingerprint density at radius 1 is 1.21 bits per heavy atom. The summed E-state index contributed by atoms with van der Waals surface area (Å²) in [5, 5.41) is 10.5. The first kappa shape index (κ1) is 13.7. The first-order valence-corrected chi connectivity index (χ1v) is 6.45. The van der Waals surface area contributed by atoms with Crippen LogP contribution < -0.4 is 4.74 Å². The molecule has 0 aromatic heterocycles. The minimum absolute atomic E-state index is 0.162. The molecule has 0 aliphatic rings. The predicted molar refractivity (Wildman–Crippen MR) is 76.5 cm³/mol. The Hall–Kier alpha value is -1.70. The zero-order valence-electron chi connectivity index (χ0n) is 9.68. The quantitative estimate of drug-likeness (QED) is 0.464. The molecule has 4 nitrogen and oxygen atoms in total. The highest BCUT2D eigenvalue weighted by atomic mass is 127. The van der Waals surface area contributed by atoms with Gasteiger partial charge in [-0.05, 0) is 64.6 Å². The number of halogens is 2. The second-order valence-corrected chi connectivity index (χ2v) is 5.03. The van der Waals surface area contributed by atoms with Crippen LogP contribution in [0, 0.1) is 19.5 Å². The van der Waals surface area contributed by atoms with E-state index in [1.165, 1.54) is 6.07 Å². The Morgan fingerprint density at radius 3 is 2.47 bits per heavy atom. The van der Waals surface area contributed by atoms with E-state index in [0.717, 1.165) is 15.7 Å². The Balaban J connectivity index is 2.06. The number of ether oxygens (including phenoxy) is 1. The molecule has 0 amide bonds. The molecule has 0 aliphatic heterocycles. The molecule has 0 unspecified atom stereocenters. The van der Waals surface area contributed by atoms with Crippen LogP contribution in [0.25, 0.3) is 0 Å². The van der Waals surface area contributed by atoms with Crippen LogP contribution >= 0.6 is 22.6 Å². The van der Waals surface area contributed by atoms with Crippen molar-refractivity contribution in [3.8, 4) is 5.75 Å². The first-order chi connectivity index (χ1) is 9.06. The van der Waals surface area contributed by atoms with Crippen molar-refractivity contribution in [1.29, 1.82) is 0 Å². The number of benzene rings is 2. The molecule has 0 spiro atoms. The van der Waals surface area contributed by atoms with Crippen LogP contribution in [0.3, 0.4) is 0 Å². The van der Waals surface area contributed by atoms with Gasteiger partial charge in [-0.25, -0.2) is 0 Å². The van der Waals surface area contributed by atoms with E-state index in [9.17, 15) is 14.5 Å². The van der Waals surface area contributed by atoms with Gasteiger partial charge in [0.1, 0.15) is 12.4 Å². The van der Waals surface area contributed by atoms with Crippen LogP contribution in [0.5, 0.6) is 5.75 Å². The van der Waals surface area contributed by atoms with Crippen molar-refractivity contribution >= 4 is 28.3 Å². The molecule has 2 aromatic carbocycles. The molecule has 0 radical (unpaired) electrons. The zero-order chi connectivity index (χ0) is 13.8. The fourth-order valence-electron chi connectivity index (χ4n) is 1.49. The van der Waals surface area contributed by atoms with Gasteiger partial charge in [0.25, 0.3) is 0 Å². The molecule has 19 heavy (non-hydrogen) atoms. The van der Waals surface area contributed by atoms with Gasteiger partial charge in [-0.3, -0.25) is 10.1 Å². The Morgan fingerprint density at radius 2 is 1.89 bits per heavy atom.